The number of rotatable bonds is 4. The highest BCUT2D eigenvalue weighted by molar-refractivity contribution is 6.05. The summed E-state index contributed by atoms with van der Waals surface area (Å²) in [7, 11) is 1.47. The van der Waals surface area contributed by atoms with Crippen LogP contribution >= 0.6 is 0 Å². The number of H-pyrrole nitrogens is 1. The quantitative estimate of drug-likeness (QED) is 0.830. The molecule has 1 amide bonds. The summed E-state index contributed by atoms with van der Waals surface area (Å²) < 4.78 is 4.79. The molecule has 2 rings (SSSR count). The second kappa shape index (κ2) is 6.17. The number of nitrogens with zero attached hydrogens (tertiary/aromatic N) is 2. The summed E-state index contributed by atoms with van der Waals surface area (Å²) >= 11 is 0. The Morgan fingerprint density at radius 1 is 1.29 bits per heavy atom. The second-order valence-electron chi connectivity index (χ2n) is 4.41. The maximum absolute atomic E-state index is 12.3. The minimum Gasteiger partial charge on any atom is -0.465 e. The van der Waals surface area contributed by atoms with Gasteiger partial charge in [-0.05, 0) is 13.0 Å². The second-order valence-corrected chi connectivity index (χ2v) is 4.41. The van der Waals surface area contributed by atoms with Crippen molar-refractivity contribution in [2.45, 2.75) is 6.92 Å². The van der Waals surface area contributed by atoms with Gasteiger partial charge in [-0.15, -0.1) is 0 Å². The molecule has 0 atom stereocenters. The van der Waals surface area contributed by atoms with E-state index in [1.807, 2.05) is 0 Å². The Balaban J connectivity index is 2.34. The van der Waals surface area contributed by atoms with Crippen LogP contribution in [0, 0.1) is 0 Å². The fraction of sp³-hybridized carbons (Fsp3) is 0.286. The Hall–Kier alpha value is -2.70. The zero-order chi connectivity index (χ0) is 15.4. The number of fused-ring (bicyclic) bond motifs is 1. The van der Waals surface area contributed by atoms with Gasteiger partial charge in [0, 0.05) is 12.4 Å². The first kappa shape index (κ1) is 14.7. The van der Waals surface area contributed by atoms with Crippen LogP contribution in [0.4, 0.5) is 0 Å². The number of amides is 1. The van der Waals surface area contributed by atoms with Gasteiger partial charge in [0.05, 0.1) is 12.0 Å². The fourth-order valence-electron chi connectivity index (χ4n) is 1.93. The van der Waals surface area contributed by atoms with Gasteiger partial charge >= 0.3 is 5.97 Å². The van der Waals surface area contributed by atoms with Crippen LogP contribution in [0.5, 0.6) is 0 Å². The number of nitrogens with one attached hydrogen (secondary N) is 1. The highest BCUT2D eigenvalue weighted by Gasteiger charge is 2.20. The molecule has 0 bridgehead atoms. The van der Waals surface area contributed by atoms with Crippen molar-refractivity contribution in [2.24, 2.45) is 0 Å². The largest absolute Gasteiger partial charge is 0.465 e. The Labute approximate surface area is 120 Å². The van der Waals surface area contributed by atoms with E-state index in [1.165, 1.54) is 11.9 Å². The molecular formula is C14H15N3O4. The molecule has 0 radical (unpaired) electrons. The molecule has 0 spiro atoms. The normalized spacial score (nSPS) is 10.4. The van der Waals surface area contributed by atoms with E-state index in [4.69, 9.17) is 4.74 Å². The van der Waals surface area contributed by atoms with Crippen molar-refractivity contribution >= 4 is 22.6 Å². The molecule has 7 nitrogen and oxygen atoms in total. The molecule has 0 saturated heterocycles. The van der Waals surface area contributed by atoms with Gasteiger partial charge in [0.25, 0.3) is 11.5 Å². The number of likely N-dealkylation sites (N-methyl/N-ethyl adjacent to an activating group) is 1. The first-order valence-corrected chi connectivity index (χ1v) is 6.43. The molecule has 7 heteroatoms. The maximum atomic E-state index is 12.3. The third-order valence-electron chi connectivity index (χ3n) is 2.92. The van der Waals surface area contributed by atoms with Crippen molar-refractivity contribution in [1.82, 2.24) is 15.1 Å². The number of ether oxygens (including phenoxy) is 1. The average Bonchev–Trinajstić information content (AvgIpc) is 2.47. The van der Waals surface area contributed by atoms with Crippen LogP contribution in [0.1, 0.15) is 17.4 Å². The van der Waals surface area contributed by atoms with Crippen molar-refractivity contribution in [3.63, 3.8) is 0 Å². The summed E-state index contributed by atoms with van der Waals surface area (Å²) in [6, 6.07) is 6.67. The van der Waals surface area contributed by atoms with Crippen molar-refractivity contribution in [3.8, 4) is 0 Å². The summed E-state index contributed by atoms with van der Waals surface area (Å²) in [6.45, 7) is 1.76. The molecule has 0 fully saturated rings. The highest BCUT2D eigenvalue weighted by atomic mass is 16.5. The molecule has 2 aromatic rings. The van der Waals surface area contributed by atoms with Gasteiger partial charge in [0.2, 0.25) is 0 Å². The summed E-state index contributed by atoms with van der Waals surface area (Å²) in [4.78, 5) is 36.6. The van der Waals surface area contributed by atoms with E-state index in [2.05, 4.69) is 10.2 Å². The smallest absolute Gasteiger partial charge is 0.325 e. The molecule has 0 aliphatic carbocycles. The SMILES string of the molecule is CCOC(=O)CN(C)C(=O)c1n[nH]c(=O)c2ccccc12. The monoisotopic (exact) mass is 289 g/mol. The zero-order valence-corrected chi connectivity index (χ0v) is 11.8. The van der Waals surface area contributed by atoms with Crippen LogP contribution in [0.3, 0.4) is 0 Å². The van der Waals surface area contributed by atoms with Crippen LogP contribution < -0.4 is 5.56 Å². The number of hydrogen-bond acceptors (Lipinski definition) is 5. The van der Waals surface area contributed by atoms with Gasteiger partial charge < -0.3 is 9.64 Å². The van der Waals surface area contributed by atoms with E-state index in [9.17, 15) is 14.4 Å². The lowest BCUT2D eigenvalue weighted by Gasteiger charge is -2.16. The van der Waals surface area contributed by atoms with E-state index in [-0.39, 0.29) is 24.4 Å². The van der Waals surface area contributed by atoms with Crippen molar-refractivity contribution in [1.29, 1.82) is 0 Å². The fourth-order valence-corrected chi connectivity index (χ4v) is 1.93. The molecular weight excluding hydrogens is 274 g/mol. The minimum atomic E-state index is -0.498. The Kier molecular flexibility index (Phi) is 4.32. The van der Waals surface area contributed by atoms with Crippen molar-refractivity contribution < 1.29 is 14.3 Å². The summed E-state index contributed by atoms with van der Waals surface area (Å²) in [6.07, 6.45) is 0. The number of carbonyl (C=O) groups excluding carboxylic acids is 2. The zero-order valence-electron chi connectivity index (χ0n) is 11.8. The Morgan fingerprint density at radius 2 is 1.95 bits per heavy atom. The van der Waals surface area contributed by atoms with Gasteiger partial charge in [-0.1, -0.05) is 18.2 Å². The molecule has 110 valence electrons. The van der Waals surface area contributed by atoms with E-state index in [1.54, 1.807) is 31.2 Å². The number of aromatic amines is 1. The van der Waals surface area contributed by atoms with Crippen molar-refractivity contribution in [2.75, 3.05) is 20.2 Å². The molecule has 1 aromatic heterocycles. The number of carbonyl (C=O) groups is 2. The summed E-state index contributed by atoms with van der Waals surface area (Å²) in [5.74, 6) is -0.961. The first-order chi connectivity index (χ1) is 10.0. The lowest BCUT2D eigenvalue weighted by atomic mass is 10.1. The molecule has 21 heavy (non-hydrogen) atoms. The van der Waals surface area contributed by atoms with E-state index in [0.29, 0.717) is 10.8 Å². The number of aromatic nitrogens is 2. The van der Waals surface area contributed by atoms with Gasteiger partial charge in [-0.25, -0.2) is 5.10 Å². The number of hydrogen-bond donors (Lipinski definition) is 1. The Bertz CT molecular complexity index is 738. The maximum Gasteiger partial charge on any atom is 0.325 e. The molecule has 1 heterocycles. The topological polar surface area (TPSA) is 92.4 Å². The lowest BCUT2D eigenvalue weighted by molar-refractivity contribution is -0.143. The van der Waals surface area contributed by atoms with Gasteiger partial charge in [-0.3, -0.25) is 14.4 Å². The predicted octanol–water partition coefficient (Wildman–Crippen LogP) is 0.558. The van der Waals surface area contributed by atoms with Crippen LogP contribution in [0.2, 0.25) is 0 Å². The van der Waals surface area contributed by atoms with E-state index >= 15 is 0 Å². The predicted molar refractivity (Wildman–Crippen MR) is 76.0 cm³/mol. The van der Waals surface area contributed by atoms with E-state index in [0.717, 1.165) is 0 Å². The molecule has 1 aromatic carbocycles. The molecule has 1 N–H and O–H groups in total. The molecule has 0 aliphatic rings. The number of benzene rings is 1. The van der Waals surface area contributed by atoms with Crippen molar-refractivity contribution in [3.05, 3.63) is 40.3 Å². The molecule has 0 unspecified atom stereocenters. The summed E-state index contributed by atoms with van der Waals surface area (Å²) in [5, 5.41) is 6.91. The van der Waals surface area contributed by atoms with Gasteiger partial charge in [0.1, 0.15) is 6.54 Å². The van der Waals surface area contributed by atoms with Gasteiger partial charge in [0.15, 0.2) is 5.69 Å². The van der Waals surface area contributed by atoms with Crippen LogP contribution in [-0.2, 0) is 9.53 Å². The third kappa shape index (κ3) is 3.07. The average molecular weight is 289 g/mol. The minimum absolute atomic E-state index is 0.0944. The van der Waals surface area contributed by atoms with Gasteiger partial charge in [-0.2, -0.15) is 5.10 Å². The molecule has 0 aliphatic heterocycles. The lowest BCUT2D eigenvalue weighted by Crippen LogP contribution is -2.34. The number of esters is 1. The first-order valence-electron chi connectivity index (χ1n) is 6.43. The van der Waals surface area contributed by atoms with Crippen LogP contribution in [0.25, 0.3) is 10.8 Å². The van der Waals surface area contributed by atoms with Crippen LogP contribution in [-0.4, -0.2) is 47.2 Å². The third-order valence-corrected chi connectivity index (χ3v) is 2.92. The summed E-state index contributed by atoms with van der Waals surface area (Å²) in [5.41, 5.74) is -0.271. The highest BCUT2D eigenvalue weighted by Crippen LogP contribution is 2.13. The van der Waals surface area contributed by atoms with Crippen LogP contribution in [0.15, 0.2) is 29.1 Å². The van der Waals surface area contributed by atoms with E-state index < -0.39 is 11.9 Å². The molecule has 0 saturated carbocycles. The Morgan fingerprint density at radius 3 is 2.62 bits per heavy atom. The standard InChI is InChI=1S/C14H15N3O4/c1-3-21-11(18)8-17(2)14(20)12-9-6-4-5-7-10(9)13(19)16-15-12/h4-7H,3,8H2,1-2H3,(H,16,19).